The van der Waals surface area contributed by atoms with E-state index in [-0.39, 0.29) is 21.4 Å². The van der Waals surface area contributed by atoms with E-state index in [1.165, 1.54) is 12.1 Å². The number of alkyl halides is 3. The van der Waals surface area contributed by atoms with Gasteiger partial charge in [-0.2, -0.15) is 18.3 Å². The summed E-state index contributed by atoms with van der Waals surface area (Å²) in [5, 5.41) is 7.90. The molecule has 0 aliphatic carbocycles. The Morgan fingerprint density at radius 1 is 1.11 bits per heavy atom. The van der Waals surface area contributed by atoms with E-state index in [1.807, 2.05) is 0 Å². The maximum absolute atomic E-state index is 13.7. The Hall–Kier alpha value is -3.41. The summed E-state index contributed by atoms with van der Waals surface area (Å²) in [6, 6.07) is 9.07. The molecule has 2 aliphatic rings. The lowest BCUT2D eigenvalue weighted by atomic mass is 9.94. The number of benzene rings is 2. The lowest BCUT2D eigenvalue weighted by Crippen LogP contribution is -2.42. The number of fused-ring (bicyclic) bond motifs is 2. The fourth-order valence-electron chi connectivity index (χ4n) is 4.11. The minimum atomic E-state index is -4.70. The first-order chi connectivity index (χ1) is 17.0. The Labute approximate surface area is 212 Å². The maximum Gasteiger partial charge on any atom is 0.435 e. The van der Waals surface area contributed by atoms with Crippen LogP contribution in [0, 0.1) is 0 Å². The van der Waals surface area contributed by atoms with Crippen LogP contribution in [-0.2, 0) is 11.0 Å². The van der Waals surface area contributed by atoms with Gasteiger partial charge in [0.25, 0.3) is 5.91 Å². The van der Waals surface area contributed by atoms with Gasteiger partial charge in [0, 0.05) is 17.8 Å². The lowest BCUT2D eigenvalue weighted by Gasteiger charge is -2.32. The highest BCUT2D eigenvalue weighted by molar-refractivity contribution is 6.42. The Balaban J connectivity index is 1.60. The summed E-state index contributed by atoms with van der Waals surface area (Å²) >= 11 is 12.3. The van der Waals surface area contributed by atoms with Gasteiger partial charge in [-0.25, -0.2) is 15.5 Å². The van der Waals surface area contributed by atoms with Crippen molar-refractivity contribution in [2.75, 3.05) is 23.5 Å². The molecule has 36 heavy (non-hydrogen) atoms. The lowest BCUT2D eigenvalue weighted by molar-refractivity contribution is -0.141. The van der Waals surface area contributed by atoms with E-state index in [0.29, 0.717) is 41.7 Å². The van der Waals surface area contributed by atoms with Gasteiger partial charge >= 0.3 is 6.18 Å². The number of amides is 1. The van der Waals surface area contributed by atoms with Crippen LogP contribution >= 0.6 is 23.2 Å². The molecule has 3 N–H and O–H groups in total. The number of ether oxygens (including phenoxy) is 2. The van der Waals surface area contributed by atoms with Crippen molar-refractivity contribution >= 4 is 40.6 Å². The Morgan fingerprint density at radius 3 is 2.53 bits per heavy atom. The second-order valence-corrected chi connectivity index (χ2v) is 8.91. The summed E-state index contributed by atoms with van der Waals surface area (Å²) in [5.41, 5.74) is -0.0739. The third-order valence-electron chi connectivity index (χ3n) is 5.78. The largest absolute Gasteiger partial charge is 0.486 e. The first-order valence-corrected chi connectivity index (χ1v) is 11.4. The van der Waals surface area contributed by atoms with Gasteiger partial charge in [0.2, 0.25) is 0 Å². The monoisotopic (exact) mass is 539 g/mol. The van der Waals surface area contributed by atoms with E-state index in [9.17, 15) is 18.0 Å². The van der Waals surface area contributed by atoms with E-state index in [4.69, 9.17) is 38.5 Å². The number of nitrogens with zero attached hydrogens (tertiary/aromatic N) is 3. The van der Waals surface area contributed by atoms with Crippen LogP contribution in [0.3, 0.4) is 0 Å². The number of aromatic nitrogens is 2. The zero-order valence-corrected chi connectivity index (χ0v) is 20.1. The van der Waals surface area contributed by atoms with Crippen molar-refractivity contribution in [3.63, 3.8) is 0 Å². The first kappa shape index (κ1) is 24.3. The molecule has 0 saturated carbocycles. The normalized spacial score (nSPS) is 16.9. The Kier molecular flexibility index (Phi) is 6.01. The maximum atomic E-state index is 13.7. The van der Waals surface area contributed by atoms with Crippen LogP contribution in [0.2, 0.25) is 10.0 Å². The predicted octanol–water partition coefficient (Wildman–Crippen LogP) is 5.18. The van der Waals surface area contributed by atoms with Gasteiger partial charge in [-0.1, -0.05) is 29.3 Å². The van der Waals surface area contributed by atoms with Crippen molar-refractivity contribution in [2.24, 2.45) is 5.84 Å². The van der Waals surface area contributed by atoms with Crippen molar-refractivity contribution in [1.29, 1.82) is 0 Å². The molecule has 5 rings (SSSR count). The molecular weight excluding hydrogens is 522 g/mol. The van der Waals surface area contributed by atoms with Crippen molar-refractivity contribution < 1.29 is 27.4 Å². The van der Waals surface area contributed by atoms with Crippen LogP contribution in [0.4, 0.5) is 24.7 Å². The number of halogens is 5. The van der Waals surface area contributed by atoms with Gasteiger partial charge in [0.15, 0.2) is 17.2 Å². The van der Waals surface area contributed by atoms with Gasteiger partial charge in [-0.15, -0.1) is 0 Å². The molecule has 0 radical (unpaired) electrons. The molecule has 3 heterocycles. The average Bonchev–Trinajstić information content (AvgIpc) is 3.28. The first-order valence-electron chi connectivity index (χ1n) is 10.6. The third kappa shape index (κ3) is 4.23. The van der Waals surface area contributed by atoms with Crippen molar-refractivity contribution in [3.05, 3.63) is 75.0 Å². The van der Waals surface area contributed by atoms with Crippen LogP contribution in [-0.4, -0.2) is 28.9 Å². The van der Waals surface area contributed by atoms with Crippen molar-refractivity contribution in [1.82, 2.24) is 9.78 Å². The van der Waals surface area contributed by atoms with Crippen molar-refractivity contribution in [2.45, 2.75) is 19.1 Å². The summed E-state index contributed by atoms with van der Waals surface area (Å²) < 4.78 is 52.6. The highest BCUT2D eigenvalue weighted by atomic mass is 35.5. The zero-order valence-electron chi connectivity index (χ0n) is 18.6. The number of hydrogen-bond acceptors (Lipinski definition) is 6. The second kappa shape index (κ2) is 8.91. The molecule has 1 aromatic heterocycles. The average molecular weight is 540 g/mol. The smallest absolute Gasteiger partial charge is 0.435 e. The molecule has 2 aromatic carbocycles. The van der Waals surface area contributed by atoms with Crippen LogP contribution < -0.4 is 25.6 Å². The topological polar surface area (TPSA) is 94.6 Å². The number of anilines is 2. The van der Waals surface area contributed by atoms with Gasteiger partial charge in [0.1, 0.15) is 25.1 Å². The highest BCUT2D eigenvalue weighted by Crippen LogP contribution is 2.42. The van der Waals surface area contributed by atoms with Crippen LogP contribution in [0.5, 0.6) is 11.5 Å². The Bertz CT molecular complexity index is 1410. The summed E-state index contributed by atoms with van der Waals surface area (Å²) in [6.45, 7) is 2.30. The second-order valence-electron chi connectivity index (χ2n) is 8.10. The van der Waals surface area contributed by atoms with Gasteiger partial charge in [-0.3, -0.25) is 4.79 Å². The van der Waals surface area contributed by atoms with Gasteiger partial charge in [0.05, 0.1) is 21.3 Å². The van der Waals surface area contributed by atoms with E-state index in [2.05, 4.69) is 10.4 Å². The molecular formula is C23H18Cl2F3N5O3. The number of nitrogens with one attached hydrogen (secondary N) is 1. The molecule has 2 aliphatic heterocycles. The van der Waals surface area contributed by atoms with E-state index in [0.717, 1.165) is 15.8 Å². The van der Waals surface area contributed by atoms with Gasteiger partial charge in [-0.05, 0) is 36.8 Å². The summed E-state index contributed by atoms with van der Waals surface area (Å²) in [4.78, 5) is 13.7. The van der Waals surface area contributed by atoms with Crippen LogP contribution in [0.25, 0.3) is 0 Å². The number of carbonyl (C=O) groups is 1. The van der Waals surface area contributed by atoms with Gasteiger partial charge < -0.3 is 14.8 Å². The van der Waals surface area contributed by atoms with Crippen LogP contribution in [0.15, 0.2) is 53.7 Å². The Morgan fingerprint density at radius 2 is 1.83 bits per heavy atom. The molecule has 13 heteroatoms. The molecule has 3 aromatic rings. The summed E-state index contributed by atoms with van der Waals surface area (Å²) in [7, 11) is 0. The molecule has 8 nitrogen and oxygen atoms in total. The van der Waals surface area contributed by atoms with E-state index < -0.39 is 23.8 Å². The fourth-order valence-corrected chi connectivity index (χ4v) is 4.41. The molecule has 1 amide bonds. The molecule has 1 atom stereocenters. The molecule has 0 fully saturated rings. The molecule has 0 bridgehead atoms. The third-order valence-corrected chi connectivity index (χ3v) is 6.52. The standard InChI is InChI=1S/C23H18Cl2F3N5O3/c1-11-20(22(34)32(29)13-3-5-16-17(9-13)36-7-6-35-16)21(12-2-4-14(24)15(25)8-12)33-19(30-11)10-18(31-33)23(26,27)28/h2-5,8-10,21,30H,6-7,29H2,1H3. The van der Waals surface area contributed by atoms with E-state index >= 15 is 0 Å². The zero-order chi connectivity index (χ0) is 25.8. The van der Waals surface area contributed by atoms with Crippen molar-refractivity contribution in [3.8, 4) is 11.5 Å². The quantitative estimate of drug-likeness (QED) is 0.270. The molecule has 0 saturated heterocycles. The molecule has 0 spiro atoms. The number of allylic oxidation sites excluding steroid dienone is 1. The minimum Gasteiger partial charge on any atom is -0.486 e. The SMILES string of the molecule is CC1=C(C(=O)N(N)c2ccc3c(c2)OCCO3)C(c2ccc(Cl)c(Cl)c2)n2nc(C(F)(F)F)cc2N1. The fraction of sp³-hybridized carbons (Fsp3) is 0.217. The predicted molar refractivity (Wildman–Crippen MR) is 127 cm³/mol. The highest BCUT2D eigenvalue weighted by Gasteiger charge is 2.40. The number of nitrogens with two attached hydrogens (primary N) is 1. The summed E-state index contributed by atoms with van der Waals surface area (Å²) in [6.07, 6.45) is -4.70. The minimum absolute atomic E-state index is 0.0512. The van der Waals surface area contributed by atoms with Crippen LogP contribution in [0.1, 0.15) is 24.2 Å². The number of hydrogen-bond donors (Lipinski definition) is 2. The number of hydrazine groups is 1. The van der Waals surface area contributed by atoms with E-state index in [1.54, 1.807) is 31.2 Å². The number of carbonyl (C=O) groups excluding carboxylic acids is 1. The molecule has 1 unspecified atom stereocenters. The molecule has 188 valence electrons. The number of rotatable bonds is 3. The summed E-state index contributed by atoms with van der Waals surface area (Å²) in [5.74, 6) is 6.52.